The fourth-order valence-corrected chi connectivity index (χ4v) is 3.60. The molecule has 1 N–H and O–H groups in total. The van der Waals surface area contributed by atoms with Gasteiger partial charge in [-0.15, -0.1) is 11.3 Å². The van der Waals surface area contributed by atoms with Gasteiger partial charge in [0.15, 0.2) is 0 Å². The second-order valence-corrected chi connectivity index (χ2v) is 6.17. The summed E-state index contributed by atoms with van der Waals surface area (Å²) in [5.74, 6) is 1.19. The van der Waals surface area contributed by atoms with Crippen molar-refractivity contribution in [3.63, 3.8) is 0 Å². The van der Waals surface area contributed by atoms with Gasteiger partial charge in [0.1, 0.15) is 4.34 Å². The van der Waals surface area contributed by atoms with E-state index in [1.807, 2.05) is 23.3 Å². The number of thiazole rings is 1. The SMILES string of the molecule is c1csc(SCCCNC2CCCC2)n1. The van der Waals surface area contributed by atoms with Gasteiger partial charge in [-0.25, -0.2) is 4.98 Å². The molecule has 0 amide bonds. The summed E-state index contributed by atoms with van der Waals surface area (Å²) in [6, 6.07) is 0.815. The van der Waals surface area contributed by atoms with Crippen LogP contribution in [-0.4, -0.2) is 23.3 Å². The van der Waals surface area contributed by atoms with Crippen molar-refractivity contribution in [2.75, 3.05) is 12.3 Å². The molecule has 0 aliphatic heterocycles. The van der Waals surface area contributed by atoms with Gasteiger partial charge in [0.05, 0.1) is 0 Å². The maximum atomic E-state index is 4.25. The number of nitrogens with one attached hydrogen (secondary N) is 1. The van der Waals surface area contributed by atoms with Crippen LogP contribution < -0.4 is 5.32 Å². The smallest absolute Gasteiger partial charge is 0.149 e. The van der Waals surface area contributed by atoms with Crippen molar-refractivity contribution in [3.05, 3.63) is 11.6 Å². The molecule has 0 bridgehead atoms. The van der Waals surface area contributed by atoms with Crippen molar-refractivity contribution < 1.29 is 0 Å². The van der Waals surface area contributed by atoms with E-state index in [1.165, 1.54) is 48.7 Å². The second kappa shape index (κ2) is 6.51. The standard InChI is InChI=1S/C11H18N2S2/c1-2-5-10(4-1)12-6-3-8-14-11-13-7-9-15-11/h7,9-10,12H,1-6,8H2. The highest BCUT2D eigenvalue weighted by Crippen LogP contribution is 2.21. The van der Waals surface area contributed by atoms with Gasteiger partial charge in [0.2, 0.25) is 0 Å². The van der Waals surface area contributed by atoms with Crippen molar-refractivity contribution in [2.45, 2.75) is 42.5 Å². The monoisotopic (exact) mass is 242 g/mol. The largest absolute Gasteiger partial charge is 0.314 e. The minimum atomic E-state index is 0.815. The maximum Gasteiger partial charge on any atom is 0.149 e. The molecule has 2 rings (SSSR count). The van der Waals surface area contributed by atoms with Crippen LogP contribution in [0.5, 0.6) is 0 Å². The first-order valence-electron chi connectivity index (χ1n) is 5.71. The molecule has 1 aliphatic carbocycles. The third-order valence-electron chi connectivity index (χ3n) is 2.74. The quantitative estimate of drug-likeness (QED) is 0.613. The molecule has 2 nitrogen and oxygen atoms in total. The first-order chi connectivity index (χ1) is 7.45. The van der Waals surface area contributed by atoms with E-state index in [4.69, 9.17) is 0 Å². The Hall–Kier alpha value is -0.0600. The molecule has 1 saturated carbocycles. The molecule has 4 heteroatoms. The normalized spacial score (nSPS) is 17.3. The first-order valence-corrected chi connectivity index (χ1v) is 7.57. The van der Waals surface area contributed by atoms with Crippen molar-refractivity contribution >= 4 is 23.1 Å². The number of rotatable bonds is 6. The van der Waals surface area contributed by atoms with Gasteiger partial charge in [0, 0.05) is 23.4 Å². The predicted octanol–water partition coefficient (Wildman–Crippen LogP) is 3.16. The van der Waals surface area contributed by atoms with E-state index < -0.39 is 0 Å². The van der Waals surface area contributed by atoms with Crippen molar-refractivity contribution in [3.8, 4) is 0 Å². The predicted molar refractivity (Wildman–Crippen MR) is 67.7 cm³/mol. The van der Waals surface area contributed by atoms with Crippen LogP contribution >= 0.6 is 23.1 Å². The van der Waals surface area contributed by atoms with E-state index in [0.29, 0.717) is 0 Å². The van der Waals surface area contributed by atoms with E-state index in [2.05, 4.69) is 10.3 Å². The van der Waals surface area contributed by atoms with Gasteiger partial charge in [0.25, 0.3) is 0 Å². The summed E-state index contributed by atoms with van der Waals surface area (Å²) in [5, 5.41) is 5.67. The van der Waals surface area contributed by atoms with Crippen LogP contribution in [0.15, 0.2) is 15.9 Å². The van der Waals surface area contributed by atoms with Gasteiger partial charge in [-0.2, -0.15) is 0 Å². The Labute approximate surface area is 99.9 Å². The summed E-state index contributed by atoms with van der Waals surface area (Å²) < 4.78 is 1.20. The van der Waals surface area contributed by atoms with Gasteiger partial charge in [-0.05, 0) is 25.8 Å². The number of hydrogen-bond acceptors (Lipinski definition) is 4. The van der Waals surface area contributed by atoms with Crippen LogP contribution in [0.2, 0.25) is 0 Å². The number of thioether (sulfide) groups is 1. The number of aromatic nitrogens is 1. The van der Waals surface area contributed by atoms with E-state index in [-0.39, 0.29) is 0 Å². The minimum Gasteiger partial charge on any atom is -0.314 e. The molecule has 0 spiro atoms. The summed E-state index contributed by atoms with van der Waals surface area (Å²) in [5.41, 5.74) is 0. The Morgan fingerprint density at radius 2 is 2.33 bits per heavy atom. The van der Waals surface area contributed by atoms with E-state index in [1.54, 1.807) is 11.3 Å². The Bertz CT molecular complexity index is 256. The summed E-state index contributed by atoms with van der Waals surface area (Å²) in [6.45, 7) is 1.17. The molecule has 0 radical (unpaired) electrons. The van der Waals surface area contributed by atoms with E-state index in [0.717, 1.165) is 6.04 Å². The first kappa shape index (κ1) is 11.4. The molecule has 1 heterocycles. The Kier molecular flexibility index (Phi) is 4.96. The molecular weight excluding hydrogens is 224 g/mol. The molecule has 0 aromatic carbocycles. The van der Waals surface area contributed by atoms with Gasteiger partial charge < -0.3 is 5.32 Å². The zero-order chi connectivity index (χ0) is 10.3. The average Bonchev–Trinajstić information content (AvgIpc) is 2.88. The summed E-state index contributed by atoms with van der Waals surface area (Å²) in [7, 11) is 0. The highest BCUT2D eigenvalue weighted by atomic mass is 32.2. The highest BCUT2D eigenvalue weighted by Gasteiger charge is 2.13. The molecule has 0 saturated heterocycles. The Morgan fingerprint density at radius 3 is 3.07 bits per heavy atom. The van der Waals surface area contributed by atoms with Crippen LogP contribution in [0.1, 0.15) is 32.1 Å². The summed E-state index contributed by atoms with van der Waals surface area (Å²) >= 11 is 3.61. The lowest BCUT2D eigenvalue weighted by molar-refractivity contribution is 0.525. The molecule has 84 valence electrons. The van der Waals surface area contributed by atoms with Gasteiger partial charge >= 0.3 is 0 Å². The zero-order valence-corrected chi connectivity index (χ0v) is 10.6. The van der Waals surface area contributed by atoms with Crippen molar-refractivity contribution in [2.24, 2.45) is 0 Å². The highest BCUT2D eigenvalue weighted by molar-refractivity contribution is 8.00. The lowest BCUT2D eigenvalue weighted by atomic mass is 10.2. The zero-order valence-electron chi connectivity index (χ0n) is 8.95. The molecule has 1 fully saturated rings. The minimum absolute atomic E-state index is 0.815. The Morgan fingerprint density at radius 1 is 1.47 bits per heavy atom. The molecular formula is C11H18N2S2. The number of nitrogens with zero attached hydrogens (tertiary/aromatic N) is 1. The fourth-order valence-electron chi connectivity index (χ4n) is 1.95. The van der Waals surface area contributed by atoms with Crippen LogP contribution in [-0.2, 0) is 0 Å². The molecule has 1 aromatic heterocycles. The van der Waals surface area contributed by atoms with Crippen LogP contribution in [0, 0.1) is 0 Å². The van der Waals surface area contributed by atoms with Crippen LogP contribution in [0.25, 0.3) is 0 Å². The van der Waals surface area contributed by atoms with Gasteiger partial charge in [-0.1, -0.05) is 24.6 Å². The van der Waals surface area contributed by atoms with Crippen LogP contribution in [0.3, 0.4) is 0 Å². The molecule has 15 heavy (non-hydrogen) atoms. The van der Waals surface area contributed by atoms with E-state index in [9.17, 15) is 0 Å². The second-order valence-electron chi connectivity index (χ2n) is 3.94. The van der Waals surface area contributed by atoms with E-state index >= 15 is 0 Å². The van der Waals surface area contributed by atoms with Crippen LogP contribution in [0.4, 0.5) is 0 Å². The fraction of sp³-hybridized carbons (Fsp3) is 0.727. The summed E-state index contributed by atoms with van der Waals surface area (Å²) in [6.07, 6.45) is 8.75. The lowest BCUT2D eigenvalue weighted by Crippen LogP contribution is -2.27. The average molecular weight is 242 g/mol. The lowest BCUT2D eigenvalue weighted by Gasteiger charge is -2.10. The van der Waals surface area contributed by atoms with Crippen molar-refractivity contribution in [1.29, 1.82) is 0 Å². The topological polar surface area (TPSA) is 24.9 Å². The maximum absolute atomic E-state index is 4.25. The molecule has 1 aromatic rings. The van der Waals surface area contributed by atoms with Gasteiger partial charge in [-0.3, -0.25) is 0 Å². The molecule has 0 atom stereocenters. The molecule has 0 unspecified atom stereocenters. The third kappa shape index (κ3) is 4.13. The molecule has 1 aliphatic rings. The Balaban J connectivity index is 1.48. The number of hydrogen-bond donors (Lipinski definition) is 1. The summed E-state index contributed by atoms with van der Waals surface area (Å²) in [4.78, 5) is 4.25. The third-order valence-corrected chi connectivity index (χ3v) is 4.80. The van der Waals surface area contributed by atoms with Crippen molar-refractivity contribution in [1.82, 2.24) is 10.3 Å².